The van der Waals surface area contributed by atoms with E-state index in [1.54, 1.807) is 19.1 Å². The third kappa shape index (κ3) is 5.41. The zero-order valence-corrected chi connectivity index (χ0v) is 15.9. The Morgan fingerprint density at radius 2 is 1.89 bits per heavy atom. The van der Waals surface area contributed by atoms with Gasteiger partial charge >= 0.3 is 5.97 Å². The van der Waals surface area contributed by atoms with E-state index in [1.807, 2.05) is 6.92 Å². The summed E-state index contributed by atoms with van der Waals surface area (Å²) in [5, 5.41) is 9.02. The van der Waals surface area contributed by atoms with Crippen LogP contribution in [0.5, 0.6) is 0 Å². The van der Waals surface area contributed by atoms with Crippen LogP contribution in [0.2, 0.25) is 0 Å². The molecule has 1 aromatic heterocycles. The second-order valence-electron chi connectivity index (χ2n) is 6.01. The smallest absolute Gasteiger partial charge is 0.323 e. The number of furan rings is 1. The van der Waals surface area contributed by atoms with Crippen molar-refractivity contribution in [3.8, 4) is 0 Å². The first-order valence-corrected chi connectivity index (χ1v) is 9.87. The standard InChI is InChI=1S/C18H22N2O6S/c1-3-13(2)20(12-17(21)22)18(23)14-6-8-16(9-7-14)27(24,25)19-11-15-5-4-10-26-15/h4-10,13,19H,3,11-12H2,1-2H3,(H,21,22). The number of hydrogen-bond donors (Lipinski definition) is 2. The topological polar surface area (TPSA) is 117 Å². The van der Waals surface area contributed by atoms with Crippen molar-refractivity contribution in [2.45, 2.75) is 37.8 Å². The van der Waals surface area contributed by atoms with Gasteiger partial charge in [-0.15, -0.1) is 0 Å². The largest absolute Gasteiger partial charge is 0.480 e. The fourth-order valence-electron chi connectivity index (χ4n) is 2.40. The van der Waals surface area contributed by atoms with Crippen LogP contribution in [0.3, 0.4) is 0 Å². The molecule has 1 unspecified atom stereocenters. The normalized spacial score (nSPS) is 12.5. The molecule has 146 valence electrons. The number of sulfonamides is 1. The molecule has 9 heteroatoms. The van der Waals surface area contributed by atoms with Crippen molar-refractivity contribution in [1.29, 1.82) is 0 Å². The lowest BCUT2D eigenvalue weighted by Gasteiger charge is -2.27. The Labute approximate surface area is 157 Å². The molecule has 0 fully saturated rings. The van der Waals surface area contributed by atoms with Gasteiger partial charge in [-0.05, 0) is 49.7 Å². The Hall–Kier alpha value is -2.65. The Kier molecular flexibility index (Phi) is 6.75. The number of carbonyl (C=O) groups is 2. The highest BCUT2D eigenvalue weighted by atomic mass is 32.2. The third-order valence-electron chi connectivity index (χ3n) is 4.12. The minimum Gasteiger partial charge on any atom is -0.480 e. The van der Waals surface area contributed by atoms with Crippen LogP contribution in [0.25, 0.3) is 0 Å². The van der Waals surface area contributed by atoms with E-state index < -0.39 is 28.4 Å². The SMILES string of the molecule is CCC(C)N(CC(=O)O)C(=O)c1ccc(S(=O)(=O)NCc2ccco2)cc1. The van der Waals surface area contributed by atoms with Gasteiger partial charge < -0.3 is 14.4 Å². The molecule has 0 bridgehead atoms. The number of benzene rings is 1. The second kappa shape index (κ2) is 8.83. The third-order valence-corrected chi connectivity index (χ3v) is 5.53. The van der Waals surface area contributed by atoms with Crippen molar-refractivity contribution in [2.75, 3.05) is 6.54 Å². The summed E-state index contributed by atoms with van der Waals surface area (Å²) in [5.74, 6) is -1.09. The molecule has 0 aliphatic heterocycles. The summed E-state index contributed by atoms with van der Waals surface area (Å²) in [4.78, 5) is 24.9. The fourth-order valence-corrected chi connectivity index (χ4v) is 3.39. The van der Waals surface area contributed by atoms with Gasteiger partial charge in [0.15, 0.2) is 0 Å². The molecular weight excluding hydrogens is 372 g/mol. The molecule has 0 radical (unpaired) electrons. The van der Waals surface area contributed by atoms with Crippen LogP contribution < -0.4 is 4.72 Å². The summed E-state index contributed by atoms with van der Waals surface area (Å²) in [6.45, 7) is 3.21. The van der Waals surface area contributed by atoms with Crippen LogP contribution in [0.4, 0.5) is 0 Å². The maximum atomic E-state index is 12.6. The maximum absolute atomic E-state index is 12.6. The molecule has 0 aliphatic rings. The molecule has 0 aliphatic carbocycles. The van der Waals surface area contributed by atoms with Gasteiger partial charge in [-0.2, -0.15) is 0 Å². The number of carbonyl (C=O) groups excluding carboxylic acids is 1. The van der Waals surface area contributed by atoms with Crippen LogP contribution >= 0.6 is 0 Å². The van der Waals surface area contributed by atoms with Crippen molar-refractivity contribution < 1.29 is 27.5 Å². The monoisotopic (exact) mass is 394 g/mol. The molecule has 2 rings (SSSR count). The molecule has 27 heavy (non-hydrogen) atoms. The minimum atomic E-state index is -3.77. The second-order valence-corrected chi connectivity index (χ2v) is 7.78. The Morgan fingerprint density at radius 3 is 2.41 bits per heavy atom. The van der Waals surface area contributed by atoms with E-state index in [0.29, 0.717) is 12.2 Å². The van der Waals surface area contributed by atoms with Crippen molar-refractivity contribution in [1.82, 2.24) is 9.62 Å². The Morgan fingerprint density at radius 1 is 1.22 bits per heavy atom. The van der Waals surface area contributed by atoms with Crippen molar-refractivity contribution in [2.24, 2.45) is 0 Å². The molecule has 2 N–H and O–H groups in total. The molecule has 2 aromatic rings. The molecular formula is C18H22N2O6S. The summed E-state index contributed by atoms with van der Waals surface area (Å²) in [7, 11) is -3.77. The quantitative estimate of drug-likeness (QED) is 0.672. The van der Waals surface area contributed by atoms with E-state index in [4.69, 9.17) is 9.52 Å². The molecule has 1 amide bonds. The molecule has 1 heterocycles. The predicted molar refractivity (Wildman–Crippen MR) is 97.6 cm³/mol. The number of carboxylic acids is 1. The van der Waals surface area contributed by atoms with E-state index in [9.17, 15) is 18.0 Å². The Bertz CT molecular complexity index is 875. The minimum absolute atomic E-state index is 0.000990. The zero-order chi connectivity index (χ0) is 20.0. The molecule has 0 saturated heterocycles. The van der Waals surface area contributed by atoms with E-state index in [0.717, 1.165) is 0 Å². The number of nitrogens with zero attached hydrogens (tertiary/aromatic N) is 1. The average Bonchev–Trinajstić information content (AvgIpc) is 3.17. The first kappa shape index (κ1) is 20.7. The van der Waals surface area contributed by atoms with Gasteiger partial charge in [0.2, 0.25) is 10.0 Å². The van der Waals surface area contributed by atoms with Crippen LogP contribution in [0.15, 0.2) is 52.0 Å². The predicted octanol–water partition coefficient (Wildman–Crippen LogP) is 2.08. The molecule has 8 nitrogen and oxygen atoms in total. The van der Waals surface area contributed by atoms with Gasteiger partial charge in [0, 0.05) is 11.6 Å². The highest BCUT2D eigenvalue weighted by Gasteiger charge is 2.23. The van der Waals surface area contributed by atoms with Crippen molar-refractivity contribution in [3.05, 3.63) is 54.0 Å². The van der Waals surface area contributed by atoms with Gasteiger partial charge in [0.1, 0.15) is 12.3 Å². The summed E-state index contributed by atoms with van der Waals surface area (Å²) in [6.07, 6.45) is 2.05. The highest BCUT2D eigenvalue weighted by molar-refractivity contribution is 7.89. The van der Waals surface area contributed by atoms with Crippen molar-refractivity contribution >= 4 is 21.9 Å². The number of nitrogens with one attached hydrogen (secondary N) is 1. The zero-order valence-electron chi connectivity index (χ0n) is 15.1. The number of aliphatic carboxylic acids is 1. The van der Waals surface area contributed by atoms with Gasteiger partial charge in [0.25, 0.3) is 5.91 Å². The molecule has 1 atom stereocenters. The van der Waals surface area contributed by atoms with Gasteiger partial charge in [-0.25, -0.2) is 13.1 Å². The van der Waals surface area contributed by atoms with E-state index in [-0.39, 0.29) is 23.0 Å². The van der Waals surface area contributed by atoms with Crippen LogP contribution in [-0.4, -0.2) is 42.9 Å². The van der Waals surface area contributed by atoms with Crippen LogP contribution in [0, 0.1) is 0 Å². The number of carboxylic acid groups (broad SMARTS) is 1. The Balaban J connectivity index is 2.14. The maximum Gasteiger partial charge on any atom is 0.323 e. The lowest BCUT2D eigenvalue weighted by molar-refractivity contribution is -0.138. The highest BCUT2D eigenvalue weighted by Crippen LogP contribution is 2.15. The van der Waals surface area contributed by atoms with E-state index >= 15 is 0 Å². The number of amides is 1. The first-order chi connectivity index (χ1) is 12.7. The van der Waals surface area contributed by atoms with Crippen LogP contribution in [0.1, 0.15) is 36.4 Å². The van der Waals surface area contributed by atoms with Gasteiger partial charge in [-0.1, -0.05) is 6.92 Å². The van der Waals surface area contributed by atoms with Crippen LogP contribution in [-0.2, 0) is 21.4 Å². The number of rotatable bonds is 9. The van der Waals surface area contributed by atoms with Gasteiger partial charge in [0.05, 0.1) is 17.7 Å². The summed E-state index contributed by atoms with van der Waals surface area (Å²) in [5.41, 5.74) is 0.224. The molecule has 0 saturated carbocycles. The average molecular weight is 394 g/mol. The lowest BCUT2D eigenvalue weighted by atomic mass is 10.1. The van der Waals surface area contributed by atoms with Gasteiger partial charge in [-0.3, -0.25) is 9.59 Å². The van der Waals surface area contributed by atoms with Crippen molar-refractivity contribution in [3.63, 3.8) is 0 Å². The fraction of sp³-hybridized carbons (Fsp3) is 0.333. The number of hydrogen-bond acceptors (Lipinski definition) is 5. The van der Waals surface area contributed by atoms with E-state index in [1.165, 1.54) is 35.4 Å². The molecule has 0 spiro atoms. The summed E-state index contributed by atoms with van der Waals surface area (Å²) < 4.78 is 32.1. The molecule has 1 aromatic carbocycles. The first-order valence-electron chi connectivity index (χ1n) is 8.39. The lowest BCUT2D eigenvalue weighted by Crippen LogP contribution is -2.41. The van der Waals surface area contributed by atoms with E-state index in [2.05, 4.69) is 4.72 Å². The summed E-state index contributed by atoms with van der Waals surface area (Å²) >= 11 is 0. The summed E-state index contributed by atoms with van der Waals surface area (Å²) in [6, 6.07) is 8.43.